The molecule has 6 unspecified atom stereocenters. The van der Waals surface area contributed by atoms with Crippen molar-refractivity contribution in [3.63, 3.8) is 0 Å². The first-order valence-corrected chi connectivity index (χ1v) is 13.2. The van der Waals surface area contributed by atoms with Crippen LogP contribution in [0.15, 0.2) is 42.3 Å². The lowest BCUT2D eigenvalue weighted by Crippen LogP contribution is -2.50. The molecule has 1 heterocycles. The molecule has 0 amide bonds. The maximum Gasteiger partial charge on any atom is 0.264 e. The van der Waals surface area contributed by atoms with Gasteiger partial charge in [-0.2, -0.15) is 8.42 Å². The first kappa shape index (κ1) is 20.4. The van der Waals surface area contributed by atoms with Crippen LogP contribution in [-0.4, -0.2) is 25.8 Å². The third-order valence-electron chi connectivity index (χ3n) is 8.92. The highest BCUT2D eigenvalue weighted by molar-refractivity contribution is 7.86. The molecule has 0 aliphatic heterocycles. The molecular formula is C25H33NO3S. The van der Waals surface area contributed by atoms with Gasteiger partial charge in [0.1, 0.15) is 0 Å². The molecule has 1 aromatic heterocycles. The molecular weight excluding hydrogens is 394 g/mol. The second-order valence-corrected chi connectivity index (χ2v) is 12.1. The molecule has 5 rings (SSSR count). The zero-order valence-corrected chi connectivity index (χ0v) is 19.1. The van der Waals surface area contributed by atoms with Crippen LogP contribution in [0.5, 0.6) is 0 Å². The lowest BCUT2D eigenvalue weighted by Gasteiger charge is -2.57. The van der Waals surface area contributed by atoms with Crippen molar-refractivity contribution in [2.75, 3.05) is 6.26 Å². The summed E-state index contributed by atoms with van der Waals surface area (Å²) in [5, 5.41) is 0. The zero-order valence-electron chi connectivity index (χ0n) is 18.3. The van der Waals surface area contributed by atoms with Crippen LogP contribution in [0.4, 0.5) is 0 Å². The summed E-state index contributed by atoms with van der Waals surface area (Å²) >= 11 is 0. The Morgan fingerprint density at radius 1 is 1.07 bits per heavy atom. The molecule has 0 radical (unpaired) electrons. The molecule has 6 atom stereocenters. The highest BCUT2D eigenvalue weighted by Crippen LogP contribution is 2.66. The maximum atomic E-state index is 11.6. The fourth-order valence-corrected chi connectivity index (χ4v) is 8.15. The van der Waals surface area contributed by atoms with Crippen LogP contribution in [0.1, 0.15) is 64.4 Å². The Bertz CT molecular complexity index is 998. The van der Waals surface area contributed by atoms with Gasteiger partial charge in [0.05, 0.1) is 12.4 Å². The van der Waals surface area contributed by atoms with Crippen molar-refractivity contribution >= 4 is 15.7 Å². The predicted octanol–water partition coefficient (Wildman–Crippen LogP) is 5.38. The van der Waals surface area contributed by atoms with Gasteiger partial charge >= 0.3 is 0 Å². The van der Waals surface area contributed by atoms with Crippen molar-refractivity contribution in [1.82, 2.24) is 4.98 Å². The molecule has 0 bridgehead atoms. The summed E-state index contributed by atoms with van der Waals surface area (Å²) in [6.07, 6.45) is 17.2. The average Bonchev–Trinajstić information content (AvgIpc) is 3.05. The van der Waals surface area contributed by atoms with Crippen LogP contribution in [-0.2, 0) is 14.3 Å². The molecule has 30 heavy (non-hydrogen) atoms. The number of hydrogen-bond donors (Lipinski definition) is 0. The van der Waals surface area contributed by atoms with Crippen LogP contribution >= 0.6 is 0 Å². The average molecular weight is 428 g/mol. The lowest BCUT2D eigenvalue weighted by atomic mass is 9.47. The summed E-state index contributed by atoms with van der Waals surface area (Å²) < 4.78 is 28.6. The van der Waals surface area contributed by atoms with E-state index in [1.165, 1.54) is 42.2 Å². The number of rotatable bonds is 3. The van der Waals surface area contributed by atoms with Crippen molar-refractivity contribution in [3.8, 4) is 0 Å². The summed E-state index contributed by atoms with van der Waals surface area (Å²) in [4.78, 5) is 4.37. The second kappa shape index (κ2) is 7.03. The number of pyridine rings is 1. The second-order valence-electron chi connectivity index (χ2n) is 10.5. The van der Waals surface area contributed by atoms with Gasteiger partial charge < -0.3 is 0 Å². The van der Waals surface area contributed by atoms with Gasteiger partial charge in [-0.1, -0.05) is 37.6 Å². The Morgan fingerprint density at radius 3 is 2.60 bits per heavy atom. The van der Waals surface area contributed by atoms with Gasteiger partial charge in [0.25, 0.3) is 10.1 Å². The van der Waals surface area contributed by atoms with Crippen LogP contribution in [0.2, 0.25) is 0 Å². The minimum atomic E-state index is -3.40. The van der Waals surface area contributed by atoms with Crippen LogP contribution in [0, 0.1) is 28.6 Å². The van der Waals surface area contributed by atoms with Crippen molar-refractivity contribution < 1.29 is 12.6 Å². The lowest BCUT2D eigenvalue weighted by molar-refractivity contribution is -0.0205. The number of aromatic nitrogens is 1. The number of fused-ring (bicyclic) bond motifs is 5. The van der Waals surface area contributed by atoms with Gasteiger partial charge in [-0.25, -0.2) is 0 Å². The third-order valence-corrected chi connectivity index (χ3v) is 9.54. The molecule has 0 aromatic carbocycles. The van der Waals surface area contributed by atoms with E-state index in [1.54, 1.807) is 0 Å². The SMILES string of the molecule is CC12CCC(OS(C)(=O)=O)CC1=CCC1C2CCC2(C)C(c3cccnc3)=CCC12. The summed E-state index contributed by atoms with van der Waals surface area (Å²) in [5.74, 6) is 2.08. The Labute approximate surface area is 180 Å². The van der Waals surface area contributed by atoms with Gasteiger partial charge in [-0.15, -0.1) is 0 Å². The fourth-order valence-electron chi connectivity index (χ4n) is 7.49. The molecule has 0 saturated heterocycles. The maximum absolute atomic E-state index is 11.6. The zero-order chi connectivity index (χ0) is 21.1. The topological polar surface area (TPSA) is 56.3 Å². The largest absolute Gasteiger partial charge is 0.267 e. The van der Waals surface area contributed by atoms with Crippen LogP contribution in [0.3, 0.4) is 0 Å². The highest BCUT2D eigenvalue weighted by Gasteiger charge is 2.57. The van der Waals surface area contributed by atoms with Gasteiger partial charge in [0.2, 0.25) is 0 Å². The van der Waals surface area contributed by atoms with Crippen LogP contribution in [0.25, 0.3) is 5.57 Å². The molecule has 0 spiro atoms. The smallest absolute Gasteiger partial charge is 0.264 e. The summed E-state index contributed by atoms with van der Waals surface area (Å²) in [5.41, 5.74) is 4.67. The van der Waals surface area contributed by atoms with Crippen LogP contribution < -0.4 is 0 Å². The van der Waals surface area contributed by atoms with E-state index in [0.717, 1.165) is 25.7 Å². The number of nitrogens with zero attached hydrogens (tertiary/aromatic N) is 1. The fraction of sp³-hybridized carbons (Fsp3) is 0.640. The van der Waals surface area contributed by atoms with E-state index in [9.17, 15) is 8.42 Å². The Balaban J connectivity index is 1.40. The van der Waals surface area contributed by atoms with Gasteiger partial charge in [-0.05, 0) is 90.7 Å². The van der Waals surface area contributed by atoms with Crippen molar-refractivity contribution in [2.24, 2.45) is 28.6 Å². The number of hydrogen-bond acceptors (Lipinski definition) is 4. The Morgan fingerprint density at radius 2 is 1.87 bits per heavy atom. The Kier molecular flexibility index (Phi) is 4.79. The molecule has 4 aliphatic carbocycles. The predicted molar refractivity (Wildman–Crippen MR) is 119 cm³/mol. The molecule has 1 aromatic rings. The van der Waals surface area contributed by atoms with Gasteiger partial charge in [0, 0.05) is 12.4 Å². The third kappa shape index (κ3) is 3.20. The van der Waals surface area contributed by atoms with Crippen molar-refractivity contribution in [2.45, 2.75) is 64.9 Å². The molecule has 2 saturated carbocycles. The van der Waals surface area contributed by atoms with Gasteiger partial charge in [-0.3, -0.25) is 9.17 Å². The minimum Gasteiger partial charge on any atom is -0.267 e. The van der Waals surface area contributed by atoms with E-state index in [-0.39, 0.29) is 16.9 Å². The summed E-state index contributed by atoms with van der Waals surface area (Å²) in [7, 11) is -3.40. The highest BCUT2D eigenvalue weighted by atomic mass is 32.2. The quantitative estimate of drug-likeness (QED) is 0.480. The first-order chi connectivity index (χ1) is 14.2. The molecule has 5 heteroatoms. The minimum absolute atomic E-state index is 0.185. The normalized spacial score (nSPS) is 40.6. The molecule has 2 fully saturated rings. The Hall–Kier alpha value is -1.46. The van der Waals surface area contributed by atoms with E-state index < -0.39 is 10.1 Å². The monoisotopic (exact) mass is 427 g/mol. The number of allylic oxidation sites excluding steroid dienone is 3. The molecule has 162 valence electrons. The van der Waals surface area contributed by atoms with E-state index in [2.05, 4.69) is 37.0 Å². The first-order valence-electron chi connectivity index (χ1n) is 11.4. The van der Waals surface area contributed by atoms with Gasteiger partial charge in [0.15, 0.2) is 0 Å². The van der Waals surface area contributed by atoms with E-state index in [4.69, 9.17) is 4.18 Å². The van der Waals surface area contributed by atoms with E-state index in [0.29, 0.717) is 17.8 Å². The molecule has 0 N–H and O–H groups in total. The standard InChI is InChI=1S/C25H33NO3S/c1-24-12-10-19(29-30(3,27)28)15-18(24)6-7-20-22-9-8-21(17-5-4-14-26-16-17)25(22,2)13-11-23(20)24/h4-6,8,14,16,19-20,22-23H,7,9-13,15H2,1-3H3. The summed E-state index contributed by atoms with van der Waals surface area (Å²) in [6.45, 7) is 4.93. The molecule has 4 aliphatic rings. The van der Waals surface area contributed by atoms with E-state index in [1.807, 2.05) is 18.5 Å². The van der Waals surface area contributed by atoms with Crippen molar-refractivity contribution in [1.29, 1.82) is 0 Å². The summed E-state index contributed by atoms with van der Waals surface area (Å²) in [6, 6.07) is 4.26. The van der Waals surface area contributed by atoms with E-state index >= 15 is 0 Å². The van der Waals surface area contributed by atoms with Crippen molar-refractivity contribution in [3.05, 3.63) is 47.8 Å². The molecule has 4 nitrogen and oxygen atoms in total.